The molecule has 29 heavy (non-hydrogen) atoms. The Bertz CT molecular complexity index is 808. The standard InChI is InChI=1S/C22H30ClN3O3/c1-4-26(5-2)12-11-25-21(27)17-13-18(23)19(24)14-20(17)29-22(3,28)15-16-9-7-6-8-10-16/h6-10,13-14,28H,4-5,11-12,15,24H2,1-3H3,(H,25,27). The number of nitrogens with zero attached hydrogens (tertiary/aromatic N) is 1. The zero-order valence-corrected chi connectivity index (χ0v) is 18.0. The summed E-state index contributed by atoms with van der Waals surface area (Å²) in [5.41, 5.74) is 7.32. The maximum atomic E-state index is 12.7. The fraction of sp³-hybridized carbons (Fsp3) is 0.409. The molecule has 0 heterocycles. The second kappa shape index (κ2) is 10.5. The summed E-state index contributed by atoms with van der Waals surface area (Å²) < 4.78 is 5.81. The molecule has 6 nitrogen and oxygen atoms in total. The van der Waals surface area contributed by atoms with Crippen LogP contribution < -0.4 is 15.8 Å². The summed E-state index contributed by atoms with van der Waals surface area (Å²) in [5, 5.41) is 13.9. The van der Waals surface area contributed by atoms with Gasteiger partial charge in [0.15, 0.2) is 0 Å². The number of nitrogens with one attached hydrogen (secondary N) is 1. The summed E-state index contributed by atoms with van der Waals surface area (Å²) in [4.78, 5) is 14.9. The van der Waals surface area contributed by atoms with Gasteiger partial charge < -0.3 is 25.8 Å². The fourth-order valence-corrected chi connectivity index (χ4v) is 3.20. The van der Waals surface area contributed by atoms with E-state index in [0.717, 1.165) is 25.2 Å². The number of likely N-dealkylation sites (N-methyl/N-ethyl adjacent to an activating group) is 1. The van der Waals surface area contributed by atoms with Gasteiger partial charge in [-0.15, -0.1) is 0 Å². The molecule has 1 amide bonds. The third-order valence-electron chi connectivity index (χ3n) is 4.66. The van der Waals surface area contributed by atoms with E-state index in [4.69, 9.17) is 22.1 Å². The molecular formula is C22H30ClN3O3. The predicted molar refractivity (Wildman–Crippen MR) is 117 cm³/mol. The number of benzene rings is 2. The maximum Gasteiger partial charge on any atom is 0.255 e. The first-order valence-electron chi connectivity index (χ1n) is 9.80. The molecule has 0 aliphatic carbocycles. The highest BCUT2D eigenvalue weighted by molar-refractivity contribution is 6.33. The monoisotopic (exact) mass is 419 g/mol. The predicted octanol–water partition coefficient (Wildman–Crippen LogP) is 3.32. The Morgan fingerprint density at radius 3 is 2.52 bits per heavy atom. The fourth-order valence-electron chi connectivity index (χ4n) is 3.04. The molecule has 0 radical (unpaired) electrons. The minimum absolute atomic E-state index is 0.188. The summed E-state index contributed by atoms with van der Waals surface area (Å²) in [6.45, 7) is 8.75. The molecule has 0 saturated heterocycles. The number of anilines is 1. The Morgan fingerprint density at radius 2 is 1.90 bits per heavy atom. The first-order chi connectivity index (χ1) is 13.8. The van der Waals surface area contributed by atoms with Gasteiger partial charge in [-0.2, -0.15) is 0 Å². The first-order valence-corrected chi connectivity index (χ1v) is 10.2. The summed E-state index contributed by atoms with van der Waals surface area (Å²) >= 11 is 6.13. The lowest BCUT2D eigenvalue weighted by Crippen LogP contribution is -2.37. The zero-order chi connectivity index (χ0) is 21.4. The van der Waals surface area contributed by atoms with E-state index in [0.29, 0.717) is 6.54 Å². The van der Waals surface area contributed by atoms with Gasteiger partial charge in [0.05, 0.1) is 16.3 Å². The molecule has 1 atom stereocenters. The third kappa shape index (κ3) is 6.92. The van der Waals surface area contributed by atoms with Crippen molar-refractivity contribution >= 4 is 23.2 Å². The van der Waals surface area contributed by atoms with E-state index in [9.17, 15) is 9.90 Å². The van der Waals surface area contributed by atoms with Crippen molar-refractivity contribution in [2.24, 2.45) is 0 Å². The molecule has 0 aromatic heterocycles. The van der Waals surface area contributed by atoms with Crippen molar-refractivity contribution < 1.29 is 14.6 Å². The van der Waals surface area contributed by atoms with E-state index < -0.39 is 5.79 Å². The molecule has 0 saturated carbocycles. The molecule has 0 bridgehead atoms. The Labute approximate surface area is 177 Å². The Balaban J connectivity index is 2.16. The highest BCUT2D eigenvalue weighted by Crippen LogP contribution is 2.31. The molecule has 2 rings (SSSR count). The number of ether oxygens (including phenoxy) is 1. The van der Waals surface area contributed by atoms with Crippen LogP contribution in [0, 0.1) is 0 Å². The summed E-state index contributed by atoms with van der Waals surface area (Å²) in [5.74, 6) is -1.67. The highest BCUT2D eigenvalue weighted by Gasteiger charge is 2.26. The van der Waals surface area contributed by atoms with Gasteiger partial charge >= 0.3 is 0 Å². The van der Waals surface area contributed by atoms with Gasteiger partial charge in [0.2, 0.25) is 5.79 Å². The molecule has 0 spiro atoms. The van der Waals surface area contributed by atoms with Gasteiger partial charge in [0.1, 0.15) is 5.75 Å². The Morgan fingerprint density at radius 1 is 1.24 bits per heavy atom. The minimum atomic E-state index is -1.53. The van der Waals surface area contributed by atoms with Crippen LogP contribution in [0.15, 0.2) is 42.5 Å². The number of carbonyl (C=O) groups is 1. The molecule has 1 unspecified atom stereocenters. The lowest BCUT2D eigenvalue weighted by Gasteiger charge is -2.26. The summed E-state index contributed by atoms with van der Waals surface area (Å²) in [7, 11) is 0. The second-order valence-corrected chi connectivity index (χ2v) is 7.50. The van der Waals surface area contributed by atoms with Gasteiger partial charge in [-0.25, -0.2) is 0 Å². The van der Waals surface area contributed by atoms with Crippen molar-refractivity contribution in [3.05, 3.63) is 58.6 Å². The normalized spacial score (nSPS) is 13.2. The molecule has 7 heteroatoms. The Kier molecular flexibility index (Phi) is 8.32. The molecular weight excluding hydrogens is 390 g/mol. The summed E-state index contributed by atoms with van der Waals surface area (Å²) in [6, 6.07) is 12.4. The van der Waals surface area contributed by atoms with Crippen LogP contribution in [0.2, 0.25) is 5.02 Å². The number of nitrogens with two attached hydrogens (primary N) is 1. The topological polar surface area (TPSA) is 87.8 Å². The smallest absolute Gasteiger partial charge is 0.255 e. The molecule has 4 N–H and O–H groups in total. The van der Waals surface area contributed by atoms with E-state index in [-0.39, 0.29) is 34.4 Å². The molecule has 2 aromatic carbocycles. The van der Waals surface area contributed by atoms with Gasteiger partial charge in [-0.3, -0.25) is 4.79 Å². The average Bonchev–Trinajstić information content (AvgIpc) is 2.68. The van der Waals surface area contributed by atoms with Crippen molar-refractivity contribution in [2.75, 3.05) is 31.9 Å². The Hall–Kier alpha value is -2.28. The molecule has 0 aliphatic rings. The van der Waals surface area contributed by atoms with Crippen LogP contribution in [0.25, 0.3) is 0 Å². The van der Waals surface area contributed by atoms with E-state index in [1.807, 2.05) is 30.3 Å². The number of rotatable bonds is 10. The van der Waals surface area contributed by atoms with Crippen molar-refractivity contribution in [1.82, 2.24) is 10.2 Å². The number of amides is 1. The molecule has 158 valence electrons. The van der Waals surface area contributed by atoms with Crippen molar-refractivity contribution in [1.29, 1.82) is 0 Å². The number of carbonyl (C=O) groups excluding carboxylic acids is 1. The number of nitrogen functional groups attached to an aromatic ring is 1. The zero-order valence-electron chi connectivity index (χ0n) is 17.2. The van der Waals surface area contributed by atoms with Crippen molar-refractivity contribution in [3.63, 3.8) is 0 Å². The number of hydrogen-bond acceptors (Lipinski definition) is 5. The molecule has 0 fully saturated rings. The van der Waals surface area contributed by atoms with Crippen LogP contribution in [-0.4, -0.2) is 47.9 Å². The lowest BCUT2D eigenvalue weighted by atomic mass is 10.1. The average molecular weight is 420 g/mol. The van der Waals surface area contributed by atoms with E-state index in [1.54, 1.807) is 6.92 Å². The first kappa shape index (κ1) is 23.0. The molecule has 0 aliphatic heterocycles. The minimum Gasteiger partial charge on any atom is -0.462 e. The van der Waals surface area contributed by atoms with Gasteiger partial charge in [-0.05, 0) is 24.7 Å². The second-order valence-electron chi connectivity index (χ2n) is 7.09. The van der Waals surface area contributed by atoms with Crippen LogP contribution in [0.3, 0.4) is 0 Å². The van der Waals surface area contributed by atoms with Crippen molar-refractivity contribution in [2.45, 2.75) is 33.0 Å². The van der Waals surface area contributed by atoms with Crippen LogP contribution in [0.1, 0.15) is 36.7 Å². The SMILES string of the molecule is CCN(CC)CCNC(=O)c1cc(Cl)c(N)cc1OC(C)(O)Cc1ccccc1. The van der Waals surface area contributed by atoms with Crippen LogP contribution in [-0.2, 0) is 6.42 Å². The van der Waals surface area contributed by atoms with Crippen LogP contribution in [0.5, 0.6) is 5.75 Å². The number of aliphatic hydroxyl groups is 1. The van der Waals surface area contributed by atoms with Crippen molar-refractivity contribution in [3.8, 4) is 5.75 Å². The number of hydrogen-bond donors (Lipinski definition) is 3. The van der Waals surface area contributed by atoms with Gasteiger partial charge in [-0.1, -0.05) is 55.8 Å². The lowest BCUT2D eigenvalue weighted by molar-refractivity contribution is -0.120. The number of halogens is 1. The van der Waals surface area contributed by atoms with Gasteiger partial charge in [0, 0.05) is 32.5 Å². The summed E-state index contributed by atoms with van der Waals surface area (Å²) in [6.07, 6.45) is 0.249. The quantitative estimate of drug-likeness (QED) is 0.406. The largest absolute Gasteiger partial charge is 0.462 e. The third-order valence-corrected chi connectivity index (χ3v) is 4.98. The maximum absolute atomic E-state index is 12.7. The van der Waals surface area contributed by atoms with E-state index >= 15 is 0 Å². The van der Waals surface area contributed by atoms with E-state index in [2.05, 4.69) is 24.1 Å². The van der Waals surface area contributed by atoms with Crippen LogP contribution in [0.4, 0.5) is 5.69 Å². The highest BCUT2D eigenvalue weighted by atomic mass is 35.5. The van der Waals surface area contributed by atoms with Gasteiger partial charge in [0.25, 0.3) is 5.91 Å². The molecule has 2 aromatic rings. The van der Waals surface area contributed by atoms with Crippen LogP contribution >= 0.6 is 11.6 Å². The van der Waals surface area contributed by atoms with E-state index in [1.165, 1.54) is 12.1 Å².